The van der Waals surface area contributed by atoms with Gasteiger partial charge in [-0.2, -0.15) is 0 Å². The van der Waals surface area contributed by atoms with Crippen molar-refractivity contribution in [3.63, 3.8) is 0 Å². The van der Waals surface area contributed by atoms with Crippen LogP contribution in [0.2, 0.25) is 0 Å². The van der Waals surface area contributed by atoms with E-state index in [1.807, 2.05) is 0 Å². The zero-order valence-electron chi connectivity index (χ0n) is 12.3. The van der Waals surface area contributed by atoms with Gasteiger partial charge in [-0.1, -0.05) is 67.9 Å². The second-order valence-corrected chi connectivity index (χ2v) is 5.91. The Morgan fingerprint density at radius 2 is 1.43 bits per heavy atom. The van der Waals surface area contributed by atoms with Gasteiger partial charge in [0, 0.05) is 6.04 Å². The molecule has 4 aromatic rings. The minimum atomic E-state index is 0.125. The van der Waals surface area contributed by atoms with Crippen molar-refractivity contribution >= 4 is 32.3 Å². The summed E-state index contributed by atoms with van der Waals surface area (Å²) < 4.78 is 0. The topological polar surface area (TPSA) is 26.0 Å². The van der Waals surface area contributed by atoms with E-state index in [-0.39, 0.29) is 6.04 Å². The first-order chi connectivity index (χ1) is 10.3. The lowest BCUT2D eigenvalue weighted by Gasteiger charge is -2.17. The van der Waals surface area contributed by atoms with Crippen LogP contribution in [0.4, 0.5) is 0 Å². The van der Waals surface area contributed by atoms with Gasteiger partial charge in [0.25, 0.3) is 0 Å². The van der Waals surface area contributed by atoms with Gasteiger partial charge >= 0.3 is 0 Å². The van der Waals surface area contributed by atoms with Crippen LogP contribution in [0.3, 0.4) is 0 Å². The third-order valence-corrected chi connectivity index (χ3v) is 4.56. The molecule has 2 N–H and O–H groups in total. The highest BCUT2D eigenvalue weighted by molar-refractivity contribution is 6.23. The Morgan fingerprint density at radius 1 is 0.810 bits per heavy atom. The molecule has 1 nitrogen and oxygen atoms in total. The van der Waals surface area contributed by atoms with Gasteiger partial charge < -0.3 is 5.73 Å². The summed E-state index contributed by atoms with van der Waals surface area (Å²) in [4.78, 5) is 0. The Balaban J connectivity index is 2.15. The first-order valence-electron chi connectivity index (χ1n) is 7.71. The van der Waals surface area contributed by atoms with Gasteiger partial charge in [0.05, 0.1) is 0 Å². The van der Waals surface area contributed by atoms with E-state index in [0.717, 1.165) is 12.8 Å². The van der Waals surface area contributed by atoms with Crippen LogP contribution in [0.5, 0.6) is 0 Å². The Hall–Kier alpha value is -2.12. The van der Waals surface area contributed by atoms with E-state index < -0.39 is 0 Å². The molecule has 0 fully saturated rings. The van der Waals surface area contributed by atoms with Crippen molar-refractivity contribution in [1.82, 2.24) is 0 Å². The molecule has 0 aromatic heterocycles. The molecule has 21 heavy (non-hydrogen) atoms. The second-order valence-electron chi connectivity index (χ2n) is 5.91. The summed E-state index contributed by atoms with van der Waals surface area (Å²) in [5.41, 5.74) is 7.68. The van der Waals surface area contributed by atoms with E-state index in [4.69, 9.17) is 5.73 Å². The van der Waals surface area contributed by atoms with E-state index in [2.05, 4.69) is 61.5 Å². The molecule has 0 saturated carbocycles. The SMILES string of the molecule is CCCC(N)c1ccc2ccc3cccc4ccc1c2c34. The Morgan fingerprint density at radius 3 is 2.14 bits per heavy atom. The van der Waals surface area contributed by atoms with Crippen LogP contribution in [0.25, 0.3) is 32.3 Å². The minimum Gasteiger partial charge on any atom is -0.324 e. The maximum absolute atomic E-state index is 6.40. The maximum atomic E-state index is 6.40. The molecule has 1 heteroatoms. The third kappa shape index (κ3) is 1.81. The molecule has 0 aliphatic carbocycles. The van der Waals surface area contributed by atoms with Crippen molar-refractivity contribution in [3.05, 3.63) is 60.2 Å². The molecule has 0 aliphatic heterocycles. The van der Waals surface area contributed by atoms with Crippen LogP contribution < -0.4 is 5.73 Å². The van der Waals surface area contributed by atoms with Crippen molar-refractivity contribution in [1.29, 1.82) is 0 Å². The maximum Gasteiger partial charge on any atom is 0.0300 e. The van der Waals surface area contributed by atoms with Gasteiger partial charge in [-0.3, -0.25) is 0 Å². The standard InChI is InChI=1S/C20H19N/c1-2-4-18(21)16-11-9-15-8-7-13-5-3-6-14-10-12-17(16)20(15)19(13)14/h3,5-12,18H,2,4,21H2,1H3. The fraction of sp³-hybridized carbons (Fsp3) is 0.200. The molecule has 0 amide bonds. The number of hydrogen-bond acceptors (Lipinski definition) is 1. The van der Waals surface area contributed by atoms with Crippen molar-refractivity contribution in [2.24, 2.45) is 5.73 Å². The highest BCUT2D eigenvalue weighted by Gasteiger charge is 2.13. The summed E-state index contributed by atoms with van der Waals surface area (Å²) in [7, 11) is 0. The molecule has 1 unspecified atom stereocenters. The zero-order chi connectivity index (χ0) is 14.4. The van der Waals surface area contributed by atoms with Gasteiger partial charge in [-0.05, 0) is 44.3 Å². The van der Waals surface area contributed by atoms with Gasteiger partial charge in [0.15, 0.2) is 0 Å². The molecule has 0 heterocycles. The van der Waals surface area contributed by atoms with Crippen LogP contribution >= 0.6 is 0 Å². The first kappa shape index (κ1) is 12.6. The van der Waals surface area contributed by atoms with Gasteiger partial charge in [-0.15, -0.1) is 0 Å². The van der Waals surface area contributed by atoms with Crippen LogP contribution in [-0.2, 0) is 0 Å². The Bertz CT molecular complexity index is 907. The number of nitrogens with two attached hydrogens (primary N) is 1. The zero-order valence-corrected chi connectivity index (χ0v) is 12.3. The Labute approximate surface area is 124 Å². The van der Waals surface area contributed by atoms with Gasteiger partial charge in [0.2, 0.25) is 0 Å². The highest BCUT2D eigenvalue weighted by atomic mass is 14.6. The second kappa shape index (κ2) is 4.71. The molecular weight excluding hydrogens is 254 g/mol. The molecule has 4 rings (SSSR count). The van der Waals surface area contributed by atoms with E-state index in [0.29, 0.717) is 0 Å². The lowest BCUT2D eigenvalue weighted by molar-refractivity contribution is 0.643. The number of benzene rings is 4. The first-order valence-corrected chi connectivity index (χ1v) is 7.71. The van der Waals surface area contributed by atoms with Crippen molar-refractivity contribution < 1.29 is 0 Å². The predicted molar refractivity (Wildman–Crippen MR) is 92.0 cm³/mol. The lowest BCUT2D eigenvalue weighted by Crippen LogP contribution is -2.10. The molecule has 0 bridgehead atoms. The van der Waals surface area contributed by atoms with E-state index in [1.165, 1.54) is 37.9 Å². The average Bonchev–Trinajstić information content (AvgIpc) is 2.52. The van der Waals surface area contributed by atoms with Crippen LogP contribution in [0, 0.1) is 0 Å². The molecule has 1 atom stereocenters. The summed E-state index contributed by atoms with van der Waals surface area (Å²) in [6, 6.07) is 20.0. The molecule has 0 saturated heterocycles. The number of rotatable bonds is 3. The van der Waals surface area contributed by atoms with E-state index in [9.17, 15) is 0 Å². The number of hydrogen-bond donors (Lipinski definition) is 1. The molecule has 0 spiro atoms. The fourth-order valence-corrected chi connectivity index (χ4v) is 3.55. The molecule has 0 aliphatic rings. The summed E-state index contributed by atoms with van der Waals surface area (Å²) in [5, 5.41) is 7.99. The lowest BCUT2D eigenvalue weighted by atomic mass is 9.89. The smallest absolute Gasteiger partial charge is 0.0300 e. The highest BCUT2D eigenvalue weighted by Crippen LogP contribution is 2.37. The fourth-order valence-electron chi connectivity index (χ4n) is 3.55. The normalized spacial score (nSPS) is 13.4. The quantitative estimate of drug-likeness (QED) is 0.498. The van der Waals surface area contributed by atoms with Gasteiger partial charge in [0.1, 0.15) is 0 Å². The summed E-state index contributed by atoms with van der Waals surface area (Å²) >= 11 is 0. The minimum absolute atomic E-state index is 0.125. The monoisotopic (exact) mass is 273 g/mol. The molecule has 0 radical (unpaired) electrons. The van der Waals surface area contributed by atoms with Crippen LogP contribution in [0.1, 0.15) is 31.4 Å². The van der Waals surface area contributed by atoms with Crippen LogP contribution in [0.15, 0.2) is 54.6 Å². The average molecular weight is 273 g/mol. The summed E-state index contributed by atoms with van der Waals surface area (Å²) in [5.74, 6) is 0. The summed E-state index contributed by atoms with van der Waals surface area (Å²) in [6.07, 6.45) is 2.15. The van der Waals surface area contributed by atoms with Crippen molar-refractivity contribution in [3.8, 4) is 0 Å². The van der Waals surface area contributed by atoms with E-state index in [1.54, 1.807) is 0 Å². The predicted octanol–water partition coefficient (Wildman–Crippen LogP) is 5.38. The molecular formula is C20H19N. The largest absolute Gasteiger partial charge is 0.324 e. The molecule has 4 aromatic carbocycles. The molecule has 104 valence electrons. The summed E-state index contributed by atoms with van der Waals surface area (Å²) in [6.45, 7) is 2.19. The van der Waals surface area contributed by atoms with Crippen molar-refractivity contribution in [2.45, 2.75) is 25.8 Å². The van der Waals surface area contributed by atoms with Gasteiger partial charge in [-0.25, -0.2) is 0 Å². The third-order valence-electron chi connectivity index (χ3n) is 4.56. The van der Waals surface area contributed by atoms with Crippen molar-refractivity contribution in [2.75, 3.05) is 0 Å². The van der Waals surface area contributed by atoms with Crippen LogP contribution in [-0.4, -0.2) is 0 Å². The van der Waals surface area contributed by atoms with E-state index >= 15 is 0 Å². The Kier molecular flexibility index (Phi) is 2.83.